The predicted molar refractivity (Wildman–Crippen MR) is 85.7 cm³/mol. The van der Waals surface area contributed by atoms with Crippen LogP contribution >= 0.6 is 11.6 Å². The van der Waals surface area contributed by atoms with Crippen LogP contribution in [0.25, 0.3) is 22.5 Å². The van der Waals surface area contributed by atoms with Gasteiger partial charge >= 0.3 is 5.97 Å². The number of rotatable bonds is 4. The van der Waals surface area contributed by atoms with Gasteiger partial charge in [0, 0.05) is 10.6 Å². The summed E-state index contributed by atoms with van der Waals surface area (Å²) >= 11 is 6.01. The molecule has 0 aliphatic heterocycles. The van der Waals surface area contributed by atoms with E-state index in [4.69, 9.17) is 16.7 Å². The fourth-order valence-electron chi connectivity index (χ4n) is 2.30. The highest BCUT2D eigenvalue weighted by molar-refractivity contribution is 6.30. The van der Waals surface area contributed by atoms with E-state index in [2.05, 4.69) is 5.10 Å². The summed E-state index contributed by atoms with van der Waals surface area (Å²) in [5.41, 5.74) is 3.24. The zero-order chi connectivity index (χ0) is 15.5. The van der Waals surface area contributed by atoms with Gasteiger partial charge in [-0.25, -0.2) is 0 Å². The van der Waals surface area contributed by atoms with Crippen LogP contribution in [0, 0.1) is 0 Å². The summed E-state index contributed by atoms with van der Waals surface area (Å²) < 4.78 is 1.49. The molecular formula is C17H13ClN2O2. The first-order valence-corrected chi connectivity index (χ1v) is 7.12. The summed E-state index contributed by atoms with van der Waals surface area (Å²) in [6.45, 7) is -0.190. The highest BCUT2D eigenvalue weighted by Crippen LogP contribution is 2.27. The van der Waals surface area contributed by atoms with Crippen LogP contribution in [0.1, 0.15) is 0 Å². The van der Waals surface area contributed by atoms with Crippen LogP contribution in [0.5, 0.6) is 0 Å². The Kier molecular flexibility index (Phi) is 3.94. The molecule has 1 heterocycles. The highest BCUT2D eigenvalue weighted by atomic mass is 35.5. The number of hydrogen-bond acceptors (Lipinski definition) is 2. The molecule has 0 unspecified atom stereocenters. The zero-order valence-corrected chi connectivity index (χ0v) is 12.4. The van der Waals surface area contributed by atoms with Gasteiger partial charge in [0.2, 0.25) is 0 Å². The van der Waals surface area contributed by atoms with Gasteiger partial charge in [0.25, 0.3) is 0 Å². The second kappa shape index (κ2) is 6.03. The SMILES string of the molecule is O=C(O)Cn1nc(-c2cccc(Cl)c2)cc1-c1ccccc1. The van der Waals surface area contributed by atoms with Gasteiger partial charge in [0.15, 0.2) is 0 Å². The van der Waals surface area contributed by atoms with Gasteiger partial charge in [-0.2, -0.15) is 5.10 Å². The number of carboxylic acid groups (broad SMARTS) is 1. The lowest BCUT2D eigenvalue weighted by Gasteiger charge is -2.04. The minimum absolute atomic E-state index is 0.190. The summed E-state index contributed by atoms with van der Waals surface area (Å²) in [6, 6.07) is 18.8. The van der Waals surface area contributed by atoms with Gasteiger partial charge in [-0.15, -0.1) is 0 Å². The van der Waals surface area contributed by atoms with Crippen LogP contribution in [0.3, 0.4) is 0 Å². The Balaban J connectivity index is 2.10. The van der Waals surface area contributed by atoms with Crippen LogP contribution in [-0.4, -0.2) is 20.9 Å². The molecule has 3 rings (SSSR count). The molecule has 0 fully saturated rings. The third-order valence-corrected chi connectivity index (χ3v) is 3.49. The highest BCUT2D eigenvalue weighted by Gasteiger charge is 2.13. The minimum atomic E-state index is -0.932. The molecule has 0 saturated heterocycles. The van der Waals surface area contributed by atoms with Crippen molar-refractivity contribution < 1.29 is 9.90 Å². The van der Waals surface area contributed by atoms with Crippen molar-refractivity contribution in [2.75, 3.05) is 0 Å². The standard InChI is InChI=1S/C17H13ClN2O2/c18-14-8-4-7-13(9-14)15-10-16(12-5-2-1-3-6-12)20(19-15)11-17(21)22/h1-10H,11H2,(H,21,22). The van der Waals surface area contributed by atoms with Crippen molar-refractivity contribution in [3.8, 4) is 22.5 Å². The Morgan fingerprint density at radius 2 is 1.77 bits per heavy atom. The van der Waals surface area contributed by atoms with Crippen molar-refractivity contribution >= 4 is 17.6 Å². The lowest BCUT2D eigenvalue weighted by atomic mass is 10.1. The third kappa shape index (κ3) is 3.02. The van der Waals surface area contributed by atoms with E-state index in [1.165, 1.54) is 4.68 Å². The van der Waals surface area contributed by atoms with Gasteiger partial charge in [0.05, 0.1) is 11.4 Å². The average Bonchev–Trinajstić information content (AvgIpc) is 2.91. The first-order valence-electron chi connectivity index (χ1n) is 6.74. The lowest BCUT2D eigenvalue weighted by Crippen LogP contribution is -2.11. The first-order chi connectivity index (χ1) is 10.6. The van der Waals surface area contributed by atoms with Crippen LogP contribution in [0.15, 0.2) is 60.7 Å². The molecule has 22 heavy (non-hydrogen) atoms. The number of nitrogens with zero attached hydrogens (tertiary/aromatic N) is 2. The van der Waals surface area contributed by atoms with E-state index in [-0.39, 0.29) is 6.54 Å². The second-order valence-corrected chi connectivity index (χ2v) is 5.28. The molecule has 3 aromatic rings. The summed E-state index contributed by atoms with van der Waals surface area (Å²) in [6.07, 6.45) is 0. The molecule has 0 atom stereocenters. The molecule has 0 radical (unpaired) electrons. The summed E-state index contributed by atoms with van der Waals surface area (Å²) in [4.78, 5) is 11.1. The molecule has 0 saturated carbocycles. The number of carboxylic acids is 1. The van der Waals surface area contributed by atoms with Crippen LogP contribution in [0.4, 0.5) is 0 Å². The minimum Gasteiger partial charge on any atom is -0.480 e. The molecule has 0 aliphatic rings. The molecular weight excluding hydrogens is 300 g/mol. The van der Waals surface area contributed by atoms with E-state index in [0.29, 0.717) is 10.7 Å². The molecule has 4 nitrogen and oxygen atoms in total. The smallest absolute Gasteiger partial charge is 0.325 e. The molecule has 0 aliphatic carbocycles. The third-order valence-electron chi connectivity index (χ3n) is 3.25. The number of aromatic nitrogens is 2. The zero-order valence-electron chi connectivity index (χ0n) is 11.6. The Morgan fingerprint density at radius 1 is 1.05 bits per heavy atom. The largest absolute Gasteiger partial charge is 0.480 e. The van der Waals surface area contributed by atoms with Crippen molar-refractivity contribution in [3.05, 3.63) is 65.7 Å². The summed E-state index contributed by atoms with van der Waals surface area (Å²) in [7, 11) is 0. The summed E-state index contributed by atoms with van der Waals surface area (Å²) in [5, 5.41) is 14.1. The van der Waals surface area contributed by atoms with Gasteiger partial charge < -0.3 is 5.11 Å². The molecule has 1 aromatic heterocycles. The molecule has 1 N–H and O–H groups in total. The Morgan fingerprint density at radius 3 is 2.45 bits per heavy atom. The summed E-state index contributed by atoms with van der Waals surface area (Å²) in [5.74, 6) is -0.932. The van der Waals surface area contributed by atoms with E-state index < -0.39 is 5.97 Å². The molecule has 110 valence electrons. The van der Waals surface area contributed by atoms with Crippen LogP contribution < -0.4 is 0 Å². The molecule has 5 heteroatoms. The maximum atomic E-state index is 11.1. The van der Waals surface area contributed by atoms with Crippen molar-refractivity contribution in [2.45, 2.75) is 6.54 Å². The molecule has 0 bridgehead atoms. The fourth-order valence-corrected chi connectivity index (χ4v) is 2.49. The molecule has 2 aromatic carbocycles. The van der Waals surface area contributed by atoms with E-state index in [1.807, 2.05) is 54.6 Å². The Bertz CT molecular complexity index is 813. The Labute approximate surface area is 132 Å². The fraction of sp³-hybridized carbons (Fsp3) is 0.0588. The number of carbonyl (C=O) groups is 1. The number of aliphatic carboxylic acids is 1. The number of halogens is 1. The molecule has 0 amide bonds. The van der Waals surface area contributed by atoms with E-state index in [9.17, 15) is 4.79 Å². The van der Waals surface area contributed by atoms with Gasteiger partial charge in [0.1, 0.15) is 6.54 Å². The van der Waals surface area contributed by atoms with Crippen LogP contribution in [-0.2, 0) is 11.3 Å². The van der Waals surface area contributed by atoms with Gasteiger partial charge in [-0.05, 0) is 23.8 Å². The van der Waals surface area contributed by atoms with Crippen molar-refractivity contribution in [2.24, 2.45) is 0 Å². The average molecular weight is 313 g/mol. The van der Waals surface area contributed by atoms with Gasteiger partial charge in [-0.1, -0.05) is 54.1 Å². The topological polar surface area (TPSA) is 55.1 Å². The van der Waals surface area contributed by atoms with Crippen LogP contribution in [0.2, 0.25) is 5.02 Å². The Hall–Kier alpha value is -2.59. The molecule has 0 spiro atoms. The second-order valence-electron chi connectivity index (χ2n) is 4.84. The van der Waals surface area contributed by atoms with Crippen molar-refractivity contribution in [1.29, 1.82) is 0 Å². The predicted octanol–water partition coefficient (Wildman–Crippen LogP) is 3.96. The monoisotopic (exact) mass is 312 g/mol. The van der Waals surface area contributed by atoms with E-state index in [1.54, 1.807) is 6.07 Å². The maximum absolute atomic E-state index is 11.1. The lowest BCUT2D eigenvalue weighted by molar-refractivity contribution is -0.137. The van der Waals surface area contributed by atoms with E-state index >= 15 is 0 Å². The number of hydrogen-bond donors (Lipinski definition) is 1. The quantitative estimate of drug-likeness (QED) is 0.793. The van der Waals surface area contributed by atoms with Gasteiger partial charge in [-0.3, -0.25) is 9.48 Å². The first kappa shape index (κ1) is 14.4. The van der Waals surface area contributed by atoms with Crippen molar-refractivity contribution in [1.82, 2.24) is 9.78 Å². The maximum Gasteiger partial charge on any atom is 0.325 e. The number of benzene rings is 2. The van der Waals surface area contributed by atoms with E-state index in [0.717, 1.165) is 16.8 Å². The normalized spacial score (nSPS) is 10.6. The van der Waals surface area contributed by atoms with Crippen molar-refractivity contribution in [3.63, 3.8) is 0 Å².